The summed E-state index contributed by atoms with van der Waals surface area (Å²) >= 11 is 2.90. The second-order valence-electron chi connectivity index (χ2n) is 3.25. The molecule has 1 aromatic carbocycles. The zero-order valence-corrected chi connectivity index (χ0v) is 10.6. The van der Waals surface area contributed by atoms with Crippen molar-refractivity contribution in [3.63, 3.8) is 0 Å². The molecule has 0 spiro atoms. The van der Waals surface area contributed by atoms with Crippen LogP contribution in [0.25, 0.3) is 16.5 Å². The average Bonchev–Trinajstić information content (AvgIpc) is 2.29. The van der Waals surface area contributed by atoms with Crippen LogP contribution in [0.2, 0.25) is 0 Å². The molecule has 0 saturated heterocycles. The molecule has 0 atom stereocenters. The minimum absolute atomic E-state index is 0.192. The SMILES string of the molecule is [N-]=[N+]=N/C(=C\c1ccc(Br)cc1C(F)(F)F)C(=O)O. The number of alkyl halides is 3. The van der Waals surface area contributed by atoms with Gasteiger partial charge in [0.15, 0.2) is 0 Å². The summed E-state index contributed by atoms with van der Waals surface area (Å²) in [6.45, 7) is 0. The molecule has 0 radical (unpaired) electrons. The molecule has 0 aromatic heterocycles. The Balaban J connectivity index is 3.46. The Hall–Kier alpha value is -1.99. The van der Waals surface area contributed by atoms with E-state index in [-0.39, 0.29) is 4.47 Å². The smallest absolute Gasteiger partial charge is 0.417 e. The van der Waals surface area contributed by atoms with E-state index in [1.54, 1.807) is 0 Å². The summed E-state index contributed by atoms with van der Waals surface area (Å²) in [7, 11) is 0. The van der Waals surface area contributed by atoms with Gasteiger partial charge in [0, 0.05) is 9.38 Å². The number of azide groups is 1. The number of carboxylic acid groups (broad SMARTS) is 1. The molecular formula is C10H5BrF3N3O2. The minimum atomic E-state index is -4.66. The molecule has 0 bridgehead atoms. The third-order valence-corrected chi connectivity index (χ3v) is 2.48. The first-order chi connectivity index (χ1) is 8.75. The lowest BCUT2D eigenvalue weighted by atomic mass is 10.1. The lowest BCUT2D eigenvalue weighted by Gasteiger charge is -2.11. The Morgan fingerprint density at radius 1 is 1.47 bits per heavy atom. The first-order valence-electron chi connectivity index (χ1n) is 4.62. The van der Waals surface area contributed by atoms with Gasteiger partial charge in [-0.15, -0.1) is 0 Å². The number of carbonyl (C=O) groups is 1. The summed E-state index contributed by atoms with van der Waals surface area (Å²) in [5.41, 5.74) is 5.90. The van der Waals surface area contributed by atoms with Gasteiger partial charge in [-0.2, -0.15) is 13.2 Å². The van der Waals surface area contributed by atoms with Crippen molar-refractivity contribution in [1.82, 2.24) is 0 Å². The summed E-state index contributed by atoms with van der Waals surface area (Å²) in [4.78, 5) is 12.9. The van der Waals surface area contributed by atoms with Crippen molar-refractivity contribution in [3.05, 3.63) is 49.9 Å². The molecule has 0 heterocycles. The normalized spacial score (nSPS) is 11.9. The fourth-order valence-electron chi connectivity index (χ4n) is 1.23. The van der Waals surface area contributed by atoms with Crippen molar-refractivity contribution >= 4 is 28.0 Å². The van der Waals surface area contributed by atoms with E-state index < -0.39 is 29.0 Å². The first-order valence-corrected chi connectivity index (χ1v) is 5.42. The Bertz CT molecular complexity index is 588. The zero-order chi connectivity index (χ0) is 14.6. The quantitative estimate of drug-likeness (QED) is 0.388. The molecule has 0 fully saturated rings. The number of halogens is 4. The van der Waals surface area contributed by atoms with Crippen LogP contribution in [0.3, 0.4) is 0 Å². The van der Waals surface area contributed by atoms with Crippen molar-refractivity contribution in [2.75, 3.05) is 0 Å². The van der Waals surface area contributed by atoms with Crippen LogP contribution in [0, 0.1) is 0 Å². The molecule has 0 aliphatic heterocycles. The van der Waals surface area contributed by atoms with Gasteiger partial charge in [0.2, 0.25) is 0 Å². The predicted molar refractivity (Wildman–Crippen MR) is 63.9 cm³/mol. The van der Waals surface area contributed by atoms with Crippen LogP contribution in [-0.4, -0.2) is 11.1 Å². The lowest BCUT2D eigenvalue weighted by molar-refractivity contribution is -0.138. The maximum absolute atomic E-state index is 12.8. The number of benzene rings is 1. The molecule has 0 saturated carbocycles. The number of rotatable bonds is 3. The van der Waals surface area contributed by atoms with Gasteiger partial charge in [-0.1, -0.05) is 27.1 Å². The standard InChI is InChI=1S/C10H5BrF3N3O2/c11-6-2-1-5(7(4-6)10(12,13)14)3-8(9(18)19)16-17-15/h1-4H,(H,18,19)/b8-3-. The van der Waals surface area contributed by atoms with Gasteiger partial charge in [0.25, 0.3) is 0 Å². The van der Waals surface area contributed by atoms with Crippen molar-refractivity contribution in [3.8, 4) is 0 Å². The van der Waals surface area contributed by atoms with E-state index in [2.05, 4.69) is 26.0 Å². The third kappa shape index (κ3) is 4.01. The molecule has 0 aliphatic rings. The van der Waals surface area contributed by atoms with Gasteiger partial charge in [-0.25, -0.2) is 4.79 Å². The maximum Gasteiger partial charge on any atom is 0.417 e. The van der Waals surface area contributed by atoms with E-state index in [4.69, 9.17) is 10.6 Å². The summed E-state index contributed by atoms with van der Waals surface area (Å²) in [5, 5.41) is 11.5. The van der Waals surface area contributed by atoms with Crippen molar-refractivity contribution < 1.29 is 23.1 Å². The van der Waals surface area contributed by atoms with Crippen LogP contribution in [0.15, 0.2) is 33.5 Å². The fraction of sp³-hybridized carbons (Fsp3) is 0.100. The van der Waals surface area contributed by atoms with Crippen molar-refractivity contribution in [2.45, 2.75) is 6.18 Å². The number of hydrogen-bond donors (Lipinski definition) is 1. The average molecular weight is 336 g/mol. The van der Waals surface area contributed by atoms with Crippen molar-refractivity contribution in [1.29, 1.82) is 0 Å². The highest BCUT2D eigenvalue weighted by Crippen LogP contribution is 2.34. The van der Waals surface area contributed by atoms with Crippen LogP contribution in [-0.2, 0) is 11.0 Å². The minimum Gasteiger partial charge on any atom is -0.478 e. The monoisotopic (exact) mass is 335 g/mol. The molecular weight excluding hydrogens is 331 g/mol. The molecule has 1 N–H and O–H groups in total. The van der Waals surface area contributed by atoms with Crippen molar-refractivity contribution in [2.24, 2.45) is 5.11 Å². The predicted octanol–water partition coefficient (Wildman–Crippen LogP) is 4.20. The van der Waals surface area contributed by atoms with E-state index in [0.717, 1.165) is 12.1 Å². The first kappa shape index (κ1) is 15.1. The highest BCUT2D eigenvalue weighted by molar-refractivity contribution is 9.10. The van der Waals surface area contributed by atoms with Crippen LogP contribution in [0.1, 0.15) is 11.1 Å². The number of aliphatic carboxylic acids is 1. The molecule has 9 heteroatoms. The fourth-order valence-corrected chi connectivity index (χ4v) is 1.59. The van der Waals surface area contributed by atoms with E-state index in [9.17, 15) is 18.0 Å². The van der Waals surface area contributed by atoms with Gasteiger partial charge >= 0.3 is 12.1 Å². The summed E-state index contributed by atoms with van der Waals surface area (Å²) in [5.74, 6) is -1.62. The summed E-state index contributed by atoms with van der Waals surface area (Å²) < 4.78 is 38.5. The maximum atomic E-state index is 12.8. The third-order valence-electron chi connectivity index (χ3n) is 1.98. The molecule has 0 amide bonds. The summed E-state index contributed by atoms with van der Waals surface area (Å²) in [6.07, 6.45) is -3.99. The van der Waals surface area contributed by atoms with Gasteiger partial charge in [-0.3, -0.25) is 0 Å². The van der Waals surface area contributed by atoms with Gasteiger partial charge < -0.3 is 5.11 Å². The number of nitrogens with zero attached hydrogens (tertiary/aromatic N) is 3. The molecule has 100 valence electrons. The Morgan fingerprint density at radius 2 is 2.11 bits per heavy atom. The second-order valence-corrected chi connectivity index (χ2v) is 4.17. The highest BCUT2D eigenvalue weighted by atomic mass is 79.9. The van der Waals surface area contributed by atoms with Crippen LogP contribution in [0.4, 0.5) is 13.2 Å². The molecule has 1 aromatic rings. The van der Waals surface area contributed by atoms with E-state index in [0.29, 0.717) is 6.08 Å². The van der Waals surface area contributed by atoms with E-state index in [1.165, 1.54) is 6.07 Å². The van der Waals surface area contributed by atoms with Gasteiger partial charge in [0.1, 0.15) is 5.70 Å². The van der Waals surface area contributed by atoms with Gasteiger partial charge in [-0.05, 0) is 29.3 Å². The van der Waals surface area contributed by atoms with E-state index in [1.807, 2.05) is 0 Å². The Kier molecular flexibility index (Phi) is 4.57. The molecule has 0 unspecified atom stereocenters. The number of hydrogen-bond acceptors (Lipinski definition) is 2. The number of carboxylic acids is 1. The second kappa shape index (κ2) is 5.77. The van der Waals surface area contributed by atoms with E-state index >= 15 is 0 Å². The summed E-state index contributed by atoms with van der Waals surface area (Å²) in [6, 6.07) is 3.20. The Morgan fingerprint density at radius 3 is 2.58 bits per heavy atom. The Labute approximate surface area is 113 Å². The largest absolute Gasteiger partial charge is 0.478 e. The molecule has 19 heavy (non-hydrogen) atoms. The molecule has 1 rings (SSSR count). The molecule has 0 aliphatic carbocycles. The van der Waals surface area contributed by atoms with Crippen LogP contribution >= 0.6 is 15.9 Å². The van der Waals surface area contributed by atoms with Gasteiger partial charge in [0.05, 0.1) is 5.56 Å². The molecule has 5 nitrogen and oxygen atoms in total. The van der Waals surface area contributed by atoms with Crippen LogP contribution < -0.4 is 0 Å². The van der Waals surface area contributed by atoms with Crippen LogP contribution in [0.5, 0.6) is 0 Å². The highest BCUT2D eigenvalue weighted by Gasteiger charge is 2.33. The zero-order valence-electron chi connectivity index (χ0n) is 9.02. The topological polar surface area (TPSA) is 86.1 Å². The lowest BCUT2D eigenvalue weighted by Crippen LogP contribution is -2.08.